The summed E-state index contributed by atoms with van der Waals surface area (Å²) in [6.45, 7) is 8.61. The highest BCUT2D eigenvalue weighted by Gasteiger charge is 2.06. The zero-order valence-corrected chi connectivity index (χ0v) is 11.9. The Kier molecular flexibility index (Phi) is 6.72. The second-order valence-corrected chi connectivity index (χ2v) is 4.75. The first-order chi connectivity index (χ1) is 9.17. The Morgan fingerprint density at radius 1 is 1.47 bits per heavy atom. The summed E-state index contributed by atoms with van der Waals surface area (Å²) in [7, 11) is 0. The molecule has 19 heavy (non-hydrogen) atoms. The number of carbonyl (C=O) groups excluding carboxylic acids is 1. The molecule has 0 aliphatic heterocycles. The molecule has 104 valence electrons. The van der Waals surface area contributed by atoms with Gasteiger partial charge in [-0.15, -0.1) is 6.58 Å². The lowest BCUT2D eigenvalue weighted by molar-refractivity contribution is 0.0953. The van der Waals surface area contributed by atoms with Crippen LogP contribution in [0.2, 0.25) is 0 Å². The Hall–Kier alpha value is -1.77. The van der Waals surface area contributed by atoms with Gasteiger partial charge >= 0.3 is 0 Å². The summed E-state index contributed by atoms with van der Waals surface area (Å²) in [6, 6.07) is 8.00. The summed E-state index contributed by atoms with van der Waals surface area (Å²) in [5.41, 5.74) is 1.69. The third-order valence-corrected chi connectivity index (χ3v) is 2.88. The van der Waals surface area contributed by atoms with Gasteiger partial charge in [-0.05, 0) is 44.4 Å². The fourth-order valence-electron chi connectivity index (χ4n) is 1.82. The Balaban J connectivity index is 2.60. The minimum atomic E-state index is -0.00996. The van der Waals surface area contributed by atoms with Crippen LogP contribution in [-0.2, 0) is 0 Å². The fraction of sp³-hybridized carbons (Fsp3) is 0.438. The molecule has 2 N–H and O–H groups in total. The Morgan fingerprint density at radius 3 is 2.95 bits per heavy atom. The predicted octanol–water partition coefficient (Wildman–Crippen LogP) is 3.59. The van der Waals surface area contributed by atoms with Crippen LogP contribution in [0, 0.1) is 0 Å². The molecule has 1 aromatic carbocycles. The molecule has 3 nitrogen and oxygen atoms in total. The molecule has 0 fully saturated rings. The van der Waals surface area contributed by atoms with E-state index in [1.54, 1.807) is 0 Å². The van der Waals surface area contributed by atoms with Crippen molar-refractivity contribution in [1.82, 2.24) is 5.32 Å². The molecule has 0 aromatic heterocycles. The maximum Gasteiger partial charge on any atom is 0.251 e. The monoisotopic (exact) mass is 260 g/mol. The number of hydrogen-bond acceptors (Lipinski definition) is 2. The molecule has 0 saturated carbocycles. The smallest absolute Gasteiger partial charge is 0.251 e. The van der Waals surface area contributed by atoms with Crippen LogP contribution in [0.4, 0.5) is 5.69 Å². The molecular weight excluding hydrogens is 236 g/mol. The summed E-state index contributed by atoms with van der Waals surface area (Å²) >= 11 is 0. The van der Waals surface area contributed by atoms with Crippen LogP contribution in [0.5, 0.6) is 0 Å². The van der Waals surface area contributed by atoms with E-state index in [0.29, 0.717) is 18.2 Å². The number of amides is 1. The van der Waals surface area contributed by atoms with Crippen molar-refractivity contribution in [3.8, 4) is 0 Å². The van der Waals surface area contributed by atoms with Gasteiger partial charge in [-0.25, -0.2) is 0 Å². The molecule has 1 unspecified atom stereocenters. The Morgan fingerprint density at radius 2 is 2.26 bits per heavy atom. The first kappa shape index (κ1) is 15.3. The molecule has 0 bridgehead atoms. The highest BCUT2D eigenvalue weighted by molar-refractivity contribution is 5.95. The zero-order chi connectivity index (χ0) is 14.1. The van der Waals surface area contributed by atoms with Crippen molar-refractivity contribution >= 4 is 11.6 Å². The van der Waals surface area contributed by atoms with E-state index < -0.39 is 0 Å². The summed E-state index contributed by atoms with van der Waals surface area (Å²) in [6.07, 6.45) is 4.90. The van der Waals surface area contributed by atoms with Gasteiger partial charge in [-0.1, -0.05) is 19.1 Å². The summed E-state index contributed by atoms with van der Waals surface area (Å²) in [4.78, 5) is 11.9. The van der Waals surface area contributed by atoms with Crippen molar-refractivity contribution in [3.63, 3.8) is 0 Å². The van der Waals surface area contributed by atoms with Gasteiger partial charge in [0.15, 0.2) is 0 Å². The summed E-state index contributed by atoms with van der Waals surface area (Å²) < 4.78 is 0. The van der Waals surface area contributed by atoms with Crippen LogP contribution in [-0.4, -0.2) is 18.5 Å². The van der Waals surface area contributed by atoms with E-state index in [0.717, 1.165) is 24.9 Å². The molecule has 1 amide bonds. The van der Waals surface area contributed by atoms with Crippen molar-refractivity contribution in [2.24, 2.45) is 0 Å². The number of hydrogen-bond donors (Lipinski definition) is 2. The predicted molar refractivity (Wildman–Crippen MR) is 81.6 cm³/mol. The second-order valence-electron chi connectivity index (χ2n) is 4.75. The third kappa shape index (κ3) is 5.60. The average Bonchev–Trinajstić information content (AvgIpc) is 2.42. The van der Waals surface area contributed by atoms with Gasteiger partial charge in [0, 0.05) is 23.8 Å². The van der Waals surface area contributed by atoms with Crippen LogP contribution in [0.25, 0.3) is 0 Å². The highest BCUT2D eigenvalue weighted by atomic mass is 16.1. The van der Waals surface area contributed by atoms with Crippen LogP contribution in [0.15, 0.2) is 36.9 Å². The van der Waals surface area contributed by atoms with Crippen LogP contribution in [0.1, 0.15) is 43.5 Å². The van der Waals surface area contributed by atoms with Crippen molar-refractivity contribution in [1.29, 1.82) is 0 Å². The van der Waals surface area contributed by atoms with E-state index in [1.165, 1.54) is 0 Å². The van der Waals surface area contributed by atoms with E-state index in [4.69, 9.17) is 0 Å². The Labute approximate surface area is 116 Å². The largest absolute Gasteiger partial charge is 0.383 e. The molecule has 0 spiro atoms. The van der Waals surface area contributed by atoms with Crippen molar-refractivity contribution < 1.29 is 4.79 Å². The maximum atomic E-state index is 11.9. The minimum absolute atomic E-state index is 0.00996. The molecule has 0 radical (unpaired) electrons. The number of carbonyl (C=O) groups is 1. The van der Waals surface area contributed by atoms with Gasteiger partial charge < -0.3 is 10.6 Å². The van der Waals surface area contributed by atoms with E-state index in [2.05, 4.69) is 24.1 Å². The van der Waals surface area contributed by atoms with Crippen LogP contribution >= 0.6 is 0 Å². The van der Waals surface area contributed by atoms with E-state index in [1.807, 2.05) is 37.3 Å². The highest BCUT2D eigenvalue weighted by Crippen LogP contribution is 2.13. The number of nitrogens with one attached hydrogen (secondary N) is 2. The zero-order valence-electron chi connectivity index (χ0n) is 11.9. The molecule has 0 aliphatic rings. The summed E-state index contributed by atoms with van der Waals surface area (Å²) in [5, 5.41) is 6.28. The van der Waals surface area contributed by atoms with Crippen molar-refractivity contribution in [2.75, 3.05) is 11.9 Å². The van der Waals surface area contributed by atoms with Crippen molar-refractivity contribution in [2.45, 2.75) is 39.2 Å². The van der Waals surface area contributed by atoms with Crippen molar-refractivity contribution in [3.05, 3.63) is 42.5 Å². The first-order valence-corrected chi connectivity index (χ1v) is 6.93. The van der Waals surface area contributed by atoms with Gasteiger partial charge in [-0.3, -0.25) is 4.79 Å². The van der Waals surface area contributed by atoms with Gasteiger partial charge in [0.1, 0.15) is 0 Å². The van der Waals surface area contributed by atoms with Gasteiger partial charge in [0.2, 0.25) is 0 Å². The quantitative estimate of drug-likeness (QED) is 0.701. The van der Waals surface area contributed by atoms with Crippen LogP contribution < -0.4 is 10.6 Å². The molecular formula is C16H24N2O. The molecule has 1 rings (SSSR count). The van der Waals surface area contributed by atoms with Crippen LogP contribution in [0.3, 0.4) is 0 Å². The number of allylic oxidation sites excluding steroid dienone is 1. The number of rotatable bonds is 8. The minimum Gasteiger partial charge on any atom is -0.383 e. The average molecular weight is 260 g/mol. The standard InChI is InChI=1S/C16H24N2O/c1-4-6-8-13(3)18-15-10-7-9-14(12-15)16(19)17-11-5-2/h4,7,9-10,12-13,18H,1,5-6,8,11H2,2-3H3,(H,17,19). The van der Waals surface area contributed by atoms with Gasteiger partial charge in [-0.2, -0.15) is 0 Å². The lowest BCUT2D eigenvalue weighted by atomic mass is 10.1. The number of benzene rings is 1. The molecule has 1 atom stereocenters. The molecule has 1 aromatic rings. The van der Waals surface area contributed by atoms with E-state index >= 15 is 0 Å². The normalized spacial score (nSPS) is 11.7. The lowest BCUT2D eigenvalue weighted by Gasteiger charge is -2.15. The molecule has 0 saturated heterocycles. The lowest BCUT2D eigenvalue weighted by Crippen LogP contribution is -2.24. The molecule has 0 aliphatic carbocycles. The SMILES string of the molecule is C=CCCC(C)Nc1cccc(C(=O)NCCC)c1. The Bertz CT molecular complexity index is 415. The number of anilines is 1. The fourth-order valence-corrected chi connectivity index (χ4v) is 1.82. The third-order valence-electron chi connectivity index (χ3n) is 2.88. The molecule has 3 heteroatoms. The first-order valence-electron chi connectivity index (χ1n) is 6.93. The summed E-state index contributed by atoms with van der Waals surface area (Å²) in [5.74, 6) is -0.00996. The topological polar surface area (TPSA) is 41.1 Å². The van der Waals surface area contributed by atoms with E-state index in [-0.39, 0.29) is 5.91 Å². The molecule has 0 heterocycles. The van der Waals surface area contributed by atoms with Gasteiger partial charge in [0.05, 0.1) is 0 Å². The van der Waals surface area contributed by atoms with Gasteiger partial charge in [0.25, 0.3) is 5.91 Å². The second kappa shape index (κ2) is 8.35. The van der Waals surface area contributed by atoms with E-state index in [9.17, 15) is 4.79 Å². The maximum absolute atomic E-state index is 11.9.